The van der Waals surface area contributed by atoms with Crippen molar-refractivity contribution in [1.82, 2.24) is 9.13 Å². The lowest BCUT2D eigenvalue weighted by atomic mass is 10.0. The van der Waals surface area contributed by atoms with Gasteiger partial charge in [-0.2, -0.15) is 0 Å². The van der Waals surface area contributed by atoms with E-state index in [0.29, 0.717) is 0 Å². The van der Waals surface area contributed by atoms with E-state index in [4.69, 9.17) is 0 Å². The van der Waals surface area contributed by atoms with Gasteiger partial charge >= 0.3 is 0 Å². The van der Waals surface area contributed by atoms with Crippen LogP contribution in [0.5, 0.6) is 0 Å². The second kappa shape index (κ2) is 10.0. The van der Waals surface area contributed by atoms with Crippen molar-refractivity contribution in [3.8, 4) is 11.4 Å². The smallest absolute Gasteiger partial charge is 0.0541 e. The van der Waals surface area contributed by atoms with Crippen LogP contribution in [0.4, 0.5) is 11.4 Å². The predicted molar refractivity (Wildman–Crippen MR) is 191 cm³/mol. The Morgan fingerprint density at radius 2 is 0.844 bits per heavy atom. The molecular formula is C42H29N3. The molecule has 212 valence electrons. The van der Waals surface area contributed by atoms with Crippen LogP contribution < -0.4 is 4.90 Å². The maximum absolute atomic E-state index is 4.38. The molecule has 45 heavy (non-hydrogen) atoms. The number of allylic oxidation sites excluding steroid dienone is 4. The molecule has 1 aliphatic rings. The molecule has 0 fully saturated rings. The first kappa shape index (κ1) is 25.4. The van der Waals surface area contributed by atoms with Gasteiger partial charge in [-0.05, 0) is 60.2 Å². The van der Waals surface area contributed by atoms with E-state index < -0.39 is 0 Å². The molecule has 0 spiro atoms. The van der Waals surface area contributed by atoms with E-state index >= 15 is 0 Å². The van der Waals surface area contributed by atoms with Gasteiger partial charge in [0.1, 0.15) is 0 Å². The number of aromatic nitrogens is 2. The monoisotopic (exact) mass is 575 g/mol. The first-order valence-electron chi connectivity index (χ1n) is 15.3. The molecule has 3 nitrogen and oxygen atoms in total. The van der Waals surface area contributed by atoms with Crippen molar-refractivity contribution in [2.75, 3.05) is 4.90 Å². The van der Waals surface area contributed by atoms with Crippen LogP contribution in [0.25, 0.3) is 60.6 Å². The molecule has 0 saturated carbocycles. The molecule has 0 atom stereocenters. The standard InChI is InChI=1S/C42H29N3/c1-29-14-12-13-25-43(38-20-7-2-15-33(29)38)30-26-31(44-39-21-8-3-16-34(39)35-17-4-9-22-40(35)44)28-32(27-30)45-41-23-10-5-18-36(41)37-19-6-11-24-42(37)45/h2-28H,1H2/b14-12-,25-13-. The minimum absolute atomic E-state index is 0.987. The molecule has 2 aromatic heterocycles. The molecule has 6 aromatic carbocycles. The third-order valence-electron chi connectivity index (χ3n) is 9.00. The Bertz CT molecular complexity index is 2280. The third kappa shape index (κ3) is 3.91. The molecule has 3 heteroatoms. The largest absolute Gasteiger partial charge is 0.316 e. The van der Waals surface area contributed by atoms with Gasteiger partial charge in [-0.1, -0.05) is 110 Å². The van der Waals surface area contributed by atoms with E-state index in [1.165, 1.54) is 43.6 Å². The van der Waals surface area contributed by atoms with Crippen LogP contribution in [0.15, 0.2) is 171 Å². The zero-order valence-electron chi connectivity index (χ0n) is 24.6. The molecule has 8 aromatic rings. The van der Waals surface area contributed by atoms with E-state index in [2.05, 4.69) is 185 Å². The number of rotatable bonds is 3. The predicted octanol–water partition coefficient (Wildman–Crippen LogP) is 11.1. The van der Waals surface area contributed by atoms with Crippen molar-refractivity contribution in [3.05, 3.63) is 176 Å². The maximum Gasteiger partial charge on any atom is 0.0541 e. The van der Waals surface area contributed by atoms with Gasteiger partial charge in [0.25, 0.3) is 0 Å². The number of nitrogens with zero attached hydrogens (tertiary/aromatic N) is 3. The molecule has 3 heterocycles. The molecule has 0 N–H and O–H groups in total. The summed E-state index contributed by atoms with van der Waals surface area (Å²) in [5, 5.41) is 4.98. The third-order valence-corrected chi connectivity index (χ3v) is 9.00. The lowest BCUT2D eigenvalue weighted by Crippen LogP contribution is -2.12. The fraction of sp³-hybridized carbons (Fsp3) is 0. The van der Waals surface area contributed by atoms with Gasteiger partial charge in [0.2, 0.25) is 0 Å². The quantitative estimate of drug-likeness (QED) is 0.204. The van der Waals surface area contributed by atoms with Gasteiger partial charge in [0.15, 0.2) is 0 Å². The summed E-state index contributed by atoms with van der Waals surface area (Å²) in [5.41, 5.74) is 11.2. The Hall–Kier alpha value is -6.06. The highest BCUT2D eigenvalue weighted by atomic mass is 15.1. The minimum atomic E-state index is 0.987. The van der Waals surface area contributed by atoms with Gasteiger partial charge in [-0.3, -0.25) is 0 Å². The minimum Gasteiger partial charge on any atom is -0.316 e. The Labute approximate surface area is 261 Å². The lowest BCUT2D eigenvalue weighted by molar-refractivity contribution is 1.12. The average molecular weight is 576 g/mol. The zero-order chi connectivity index (χ0) is 29.9. The Kier molecular flexibility index (Phi) is 5.66. The first-order chi connectivity index (χ1) is 22.3. The van der Waals surface area contributed by atoms with Crippen molar-refractivity contribution in [2.24, 2.45) is 0 Å². The molecule has 0 amide bonds. The van der Waals surface area contributed by atoms with Crippen molar-refractivity contribution < 1.29 is 0 Å². The Morgan fingerprint density at radius 1 is 0.422 bits per heavy atom. The number of benzene rings is 6. The summed E-state index contributed by atoms with van der Waals surface area (Å²) >= 11 is 0. The van der Waals surface area contributed by atoms with Gasteiger partial charge in [0.05, 0.1) is 39.1 Å². The van der Waals surface area contributed by atoms with Crippen LogP contribution in [0.3, 0.4) is 0 Å². The second-order valence-corrected chi connectivity index (χ2v) is 11.6. The fourth-order valence-electron chi connectivity index (χ4n) is 7.04. The highest BCUT2D eigenvalue weighted by Crippen LogP contribution is 2.40. The molecular weight excluding hydrogens is 546 g/mol. The van der Waals surface area contributed by atoms with Crippen molar-refractivity contribution in [3.63, 3.8) is 0 Å². The summed E-state index contributed by atoms with van der Waals surface area (Å²) in [7, 11) is 0. The van der Waals surface area contributed by atoms with E-state index in [9.17, 15) is 0 Å². The highest BCUT2D eigenvalue weighted by Gasteiger charge is 2.20. The van der Waals surface area contributed by atoms with Crippen LogP contribution in [0.1, 0.15) is 5.56 Å². The fourth-order valence-corrected chi connectivity index (χ4v) is 7.04. The molecule has 0 saturated heterocycles. The van der Waals surface area contributed by atoms with Crippen LogP contribution in [-0.4, -0.2) is 9.13 Å². The van der Waals surface area contributed by atoms with Crippen molar-refractivity contribution in [1.29, 1.82) is 0 Å². The van der Waals surface area contributed by atoms with Crippen molar-refractivity contribution in [2.45, 2.75) is 0 Å². The maximum atomic E-state index is 4.38. The Morgan fingerprint density at radius 3 is 1.36 bits per heavy atom. The van der Waals surface area contributed by atoms with E-state index in [0.717, 1.165) is 33.9 Å². The normalized spacial score (nSPS) is 14.6. The van der Waals surface area contributed by atoms with E-state index in [1.54, 1.807) is 0 Å². The van der Waals surface area contributed by atoms with Crippen LogP contribution in [0, 0.1) is 0 Å². The first-order valence-corrected chi connectivity index (χ1v) is 15.3. The van der Waals surface area contributed by atoms with Gasteiger partial charge in [-0.25, -0.2) is 0 Å². The summed E-state index contributed by atoms with van der Waals surface area (Å²) < 4.78 is 4.81. The number of fused-ring (bicyclic) bond motifs is 7. The highest BCUT2D eigenvalue weighted by molar-refractivity contribution is 6.10. The van der Waals surface area contributed by atoms with E-state index in [1.807, 2.05) is 0 Å². The molecule has 0 bridgehead atoms. The van der Waals surface area contributed by atoms with Gasteiger partial charge in [-0.15, -0.1) is 0 Å². The SMILES string of the molecule is C=C1/C=C\C=C/N(c2cc(-n3c4ccccc4c4ccccc43)cc(-n3c4ccccc4c4ccccc43)c2)c2ccccc21. The van der Waals surface area contributed by atoms with Crippen LogP contribution in [0.2, 0.25) is 0 Å². The van der Waals surface area contributed by atoms with E-state index in [-0.39, 0.29) is 0 Å². The number of anilines is 2. The lowest BCUT2D eigenvalue weighted by Gasteiger charge is -2.26. The van der Waals surface area contributed by atoms with Gasteiger partial charge < -0.3 is 14.0 Å². The Balaban J connectivity index is 1.40. The summed E-state index contributed by atoms with van der Waals surface area (Å²) in [6.45, 7) is 4.38. The average Bonchev–Trinajstić information content (AvgIpc) is 3.60. The molecule has 0 radical (unpaired) electrons. The molecule has 0 aliphatic carbocycles. The zero-order valence-corrected chi connectivity index (χ0v) is 24.6. The van der Waals surface area contributed by atoms with Gasteiger partial charge in [0, 0.05) is 39.0 Å². The van der Waals surface area contributed by atoms with Crippen LogP contribution in [-0.2, 0) is 0 Å². The summed E-state index contributed by atoms with van der Waals surface area (Å²) in [6, 6.07) is 50.3. The number of para-hydroxylation sites is 5. The topological polar surface area (TPSA) is 13.1 Å². The number of hydrogen-bond donors (Lipinski definition) is 0. The van der Waals surface area contributed by atoms with Crippen molar-refractivity contribution >= 4 is 60.6 Å². The molecule has 1 aliphatic heterocycles. The molecule has 0 unspecified atom stereocenters. The number of hydrogen-bond acceptors (Lipinski definition) is 1. The summed E-state index contributed by atoms with van der Waals surface area (Å²) in [6.07, 6.45) is 8.39. The summed E-state index contributed by atoms with van der Waals surface area (Å²) in [5.74, 6) is 0. The van der Waals surface area contributed by atoms with Crippen LogP contribution >= 0.6 is 0 Å². The molecule has 9 rings (SSSR count). The second-order valence-electron chi connectivity index (χ2n) is 11.6. The summed E-state index contributed by atoms with van der Waals surface area (Å²) in [4.78, 5) is 2.29.